The Morgan fingerprint density at radius 2 is 1.50 bits per heavy atom. The van der Waals surface area contributed by atoms with E-state index in [1.165, 1.54) is 12.1 Å². The van der Waals surface area contributed by atoms with Gasteiger partial charge < -0.3 is 0 Å². The SMILES string of the molecule is O=S(=O)(CCCc1ccccc1)NCCc1ccc(F)cc1. The average molecular weight is 321 g/mol. The molecule has 2 aromatic rings. The lowest BCUT2D eigenvalue weighted by Crippen LogP contribution is -2.28. The average Bonchev–Trinajstić information content (AvgIpc) is 2.50. The quantitative estimate of drug-likeness (QED) is 0.812. The third-order valence-corrected chi connectivity index (χ3v) is 4.84. The fourth-order valence-electron chi connectivity index (χ4n) is 2.19. The first kappa shape index (κ1) is 16.6. The minimum absolute atomic E-state index is 0.116. The Morgan fingerprint density at radius 3 is 2.18 bits per heavy atom. The Bertz CT molecular complexity index is 670. The van der Waals surface area contributed by atoms with E-state index in [9.17, 15) is 12.8 Å². The third kappa shape index (κ3) is 5.95. The number of aryl methyl sites for hydroxylation is 1. The smallest absolute Gasteiger partial charge is 0.211 e. The van der Waals surface area contributed by atoms with Gasteiger partial charge in [-0.25, -0.2) is 17.5 Å². The van der Waals surface area contributed by atoms with Crippen molar-refractivity contribution >= 4 is 10.0 Å². The van der Waals surface area contributed by atoms with Gasteiger partial charge in [0.05, 0.1) is 5.75 Å². The molecule has 0 bridgehead atoms. The van der Waals surface area contributed by atoms with Crippen molar-refractivity contribution in [2.45, 2.75) is 19.3 Å². The topological polar surface area (TPSA) is 46.2 Å². The van der Waals surface area contributed by atoms with Gasteiger partial charge in [-0.3, -0.25) is 0 Å². The van der Waals surface area contributed by atoms with Crippen molar-refractivity contribution in [1.82, 2.24) is 4.72 Å². The van der Waals surface area contributed by atoms with E-state index in [2.05, 4.69) is 4.72 Å². The van der Waals surface area contributed by atoms with Crippen LogP contribution in [0.4, 0.5) is 4.39 Å². The summed E-state index contributed by atoms with van der Waals surface area (Å²) in [6, 6.07) is 15.9. The number of benzene rings is 2. The monoisotopic (exact) mass is 321 g/mol. The molecule has 3 nitrogen and oxygen atoms in total. The first-order valence-electron chi connectivity index (χ1n) is 7.31. The van der Waals surface area contributed by atoms with Crippen molar-refractivity contribution in [3.05, 3.63) is 71.5 Å². The Kier molecular flexibility index (Phi) is 6.10. The number of nitrogens with one attached hydrogen (secondary N) is 1. The maximum absolute atomic E-state index is 12.8. The van der Waals surface area contributed by atoms with Crippen LogP contribution in [0.1, 0.15) is 17.5 Å². The molecule has 0 saturated carbocycles. The molecule has 5 heteroatoms. The van der Waals surface area contributed by atoms with Crippen LogP contribution in [0.3, 0.4) is 0 Å². The third-order valence-electron chi connectivity index (χ3n) is 3.37. The van der Waals surface area contributed by atoms with Gasteiger partial charge in [-0.2, -0.15) is 0 Å². The van der Waals surface area contributed by atoms with Crippen molar-refractivity contribution in [2.24, 2.45) is 0 Å². The van der Waals surface area contributed by atoms with Gasteiger partial charge >= 0.3 is 0 Å². The summed E-state index contributed by atoms with van der Waals surface area (Å²) in [5.74, 6) is -0.170. The number of rotatable bonds is 8. The second-order valence-electron chi connectivity index (χ2n) is 5.18. The zero-order valence-electron chi connectivity index (χ0n) is 12.3. The van der Waals surface area contributed by atoms with Gasteiger partial charge in [0.2, 0.25) is 10.0 Å². The van der Waals surface area contributed by atoms with Gasteiger partial charge in [0.1, 0.15) is 5.82 Å². The molecule has 0 radical (unpaired) electrons. The van der Waals surface area contributed by atoms with E-state index >= 15 is 0 Å². The van der Waals surface area contributed by atoms with Gasteiger partial charge in [-0.1, -0.05) is 42.5 Å². The van der Waals surface area contributed by atoms with Crippen LogP contribution in [0, 0.1) is 5.82 Å². The molecule has 22 heavy (non-hydrogen) atoms. The molecule has 118 valence electrons. The molecule has 0 fully saturated rings. The maximum atomic E-state index is 12.8. The molecule has 2 aromatic carbocycles. The molecular formula is C17H20FNO2S. The molecule has 2 rings (SSSR count). The largest absolute Gasteiger partial charge is 0.215 e. The second kappa shape index (κ2) is 8.06. The molecule has 0 unspecified atom stereocenters. The molecular weight excluding hydrogens is 301 g/mol. The maximum Gasteiger partial charge on any atom is 0.211 e. The summed E-state index contributed by atoms with van der Waals surface area (Å²) < 4.78 is 39.1. The van der Waals surface area contributed by atoms with E-state index in [-0.39, 0.29) is 11.6 Å². The lowest BCUT2D eigenvalue weighted by molar-refractivity contribution is 0.578. The summed E-state index contributed by atoms with van der Waals surface area (Å²) in [5, 5.41) is 0. The summed E-state index contributed by atoms with van der Waals surface area (Å²) >= 11 is 0. The molecule has 0 aliphatic heterocycles. The van der Waals surface area contributed by atoms with Crippen LogP contribution in [-0.4, -0.2) is 20.7 Å². The molecule has 0 aliphatic carbocycles. The van der Waals surface area contributed by atoms with Gasteiger partial charge in [0, 0.05) is 6.54 Å². The van der Waals surface area contributed by atoms with Gasteiger partial charge in [-0.15, -0.1) is 0 Å². The van der Waals surface area contributed by atoms with Crippen molar-refractivity contribution in [2.75, 3.05) is 12.3 Å². The lowest BCUT2D eigenvalue weighted by atomic mass is 10.1. The van der Waals surface area contributed by atoms with Gasteiger partial charge in [-0.05, 0) is 42.5 Å². The van der Waals surface area contributed by atoms with E-state index in [1.54, 1.807) is 12.1 Å². The summed E-state index contributed by atoms with van der Waals surface area (Å²) in [5.41, 5.74) is 2.05. The molecule has 0 aromatic heterocycles. The molecule has 0 saturated heterocycles. The molecule has 1 N–H and O–H groups in total. The normalized spacial score (nSPS) is 11.5. The van der Waals surface area contributed by atoms with E-state index < -0.39 is 10.0 Å². The highest BCUT2D eigenvalue weighted by Crippen LogP contribution is 2.05. The second-order valence-corrected chi connectivity index (χ2v) is 7.11. The predicted molar refractivity (Wildman–Crippen MR) is 86.7 cm³/mol. The first-order valence-corrected chi connectivity index (χ1v) is 8.96. The lowest BCUT2D eigenvalue weighted by Gasteiger charge is -2.07. The zero-order valence-corrected chi connectivity index (χ0v) is 13.2. The van der Waals surface area contributed by atoms with Crippen molar-refractivity contribution < 1.29 is 12.8 Å². The summed E-state index contributed by atoms with van der Waals surface area (Å²) in [4.78, 5) is 0. The van der Waals surface area contributed by atoms with Gasteiger partial charge in [0.15, 0.2) is 0 Å². The highest BCUT2D eigenvalue weighted by Gasteiger charge is 2.09. The standard InChI is InChI=1S/C17H20FNO2S/c18-17-10-8-16(9-11-17)12-13-19-22(20,21)14-4-7-15-5-2-1-3-6-15/h1-3,5-6,8-11,19H,4,7,12-14H2. The molecule has 0 amide bonds. The molecule has 0 heterocycles. The minimum Gasteiger partial charge on any atom is -0.215 e. The van der Waals surface area contributed by atoms with Gasteiger partial charge in [0.25, 0.3) is 0 Å². The number of hydrogen-bond donors (Lipinski definition) is 1. The summed E-state index contributed by atoms with van der Waals surface area (Å²) in [6.07, 6.45) is 1.90. The van der Waals surface area contributed by atoms with Crippen LogP contribution >= 0.6 is 0 Å². The Morgan fingerprint density at radius 1 is 0.864 bits per heavy atom. The van der Waals surface area contributed by atoms with Crippen LogP contribution in [0.5, 0.6) is 0 Å². The molecule has 0 aliphatic rings. The van der Waals surface area contributed by atoms with E-state index in [0.29, 0.717) is 19.4 Å². The van der Waals surface area contributed by atoms with Crippen molar-refractivity contribution in [1.29, 1.82) is 0 Å². The summed E-state index contributed by atoms with van der Waals surface area (Å²) in [6.45, 7) is 0.333. The summed E-state index contributed by atoms with van der Waals surface area (Å²) in [7, 11) is -3.25. The number of sulfonamides is 1. The van der Waals surface area contributed by atoms with Crippen molar-refractivity contribution in [3.8, 4) is 0 Å². The van der Waals surface area contributed by atoms with E-state index in [0.717, 1.165) is 17.5 Å². The fourth-order valence-corrected chi connectivity index (χ4v) is 3.27. The van der Waals surface area contributed by atoms with Crippen LogP contribution in [-0.2, 0) is 22.9 Å². The highest BCUT2D eigenvalue weighted by molar-refractivity contribution is 7.89. The minimum atomic E-state index is -3.25. The Labute approximate surface area is 131 Å². The van der Waals surface area contributed by atoms with Crippen molar-refractivity contribution in [3.63, 3.8) is 0 Å². The van der Waals surface area contributed by atoms with Crippen LogP contribution in [0.2, 0.25) is 0 Å². The molecule has 0 spiro atoms. The van der Waals surface area contributed by atoms with Crippen LogP contribution in [0.25, 0.3) is 0 Å². The highest BCUT2D eigenvalue weighted by atomic mass is 32.2. The van der Waals surface area contributed by atoms with E-state index in [1.807, 2.05) is 30.3 Å². The van der Waals surface area contributed by atoms with E-state index in [4.69, 9.17) is 0 Å². The Balaban J connectivity index is 1.71. The number of hydrogen-bond acceptors (Lipinski definition) is 2. The first-order chi connectivity index (χ1) is 10.6. The zero-order chi connectivity index (χ0) is 15.8. The van der Waals surface area contributed by atoms with Crippen LogP contribution < -0.4 is 4.72 Å². The fraction of sp³-hybridized carbons (Fsp3) is 0.294. The predicted octanol–water partition coefficient (Wildman–Crippen LogP) is 2.92. The molecule has 0 atom stereocenters. The number of halogens is 1. The van der Waals surface area contributed by atoms with Crippen LogP contribution in [0.15, 0.2) is 54.6 Å². The Hall–Kier alpha value is -1.72.